The number of hydrogen-bond acceptors (Lipinski definition) is 2. The quantitative estimate of drug-likeness (QED) is 0.811. The van der Waals surface area contributed by atoms with E-state index in [0.717, 1.165) is 55.7 Å². The van der Waals surface area contributed by atoms with Gasteiger partial charge in [-0.1, -0.05) is 12.1 Å². The Morgan fingerprint density at radius 2 is 2.13 bits per heavy atom. The Hall–Kier alpha value is -1.81. The number of carbonyl (C=O) groups excluding carboxylic acids is 1. The second kappa shape index (κ2) is 5.38. The number of rotatable bonds is 1. The van der Waals surface area contributed by atoms with E-state index in [4.69, 9.17) is 4.74 Å². The first-order valence-corrected chi connectivity index (χ1v) is 8.51. The highest BCUT2D eigenvalue weighted by atomic mass is 16.5. The molecule has 3 heterocycles. The van der Waals surface area contributed by atoms with Crippen LogP contribution in [-0.4, -0.2) is 41.7 Å². The van der Waals surface area contributed by atoms with Crippen molar-refractivity contribution in [1.82, 2.24) is 9.47 Å². The fourth-order valence-corrected chi connectivity index (χ4v) is 4.16. The van der Waals surface area contributed by atoms with E-state index in [2.05, 4.69) is 25.1 Å². The molecule has 0 saturated carbocycles. The standard InChI is InChI=1S/C19H24N2O2/c1-14-4-5-15-11-17(20(2)16(15)10-14)18(22)21-8-3-6-19(12-21)7-9-23-13-19/h4-5,10-11H,3,6-9,12-13H2,1-2H3/t19-/m0/s1. The number of carbonyl (C=O) groups is 1. The van der Waals surface area contributed by atoms with E-state index in [1.54, 1.807) is 0 Å². The summed E-state index contributed by atoms with van der Waals surface area (Å²) in [5.74, 6) is 0.160. The van der Waals surface area contributed by atoms with Gasteiger partial charge in [0.15, 0.2) is 0 Å². The van der Waals surface area contributed by atoms with E-state index in [1.807, 2.05) is 22.6 Å². The average Bonchev–Trinajstić information content (AvgIpc) is 3.12. The summed E-state index contributed by atoms with van der Waals surface area (Å²) >= 11 is 0. The zero-order valence-corrected chi connectivity index (χ0v) is 14.0. The maximum Gasteiger partial charge on any atom is 0.270 e. The predicted octanol–water partition coefficient (Wildman–Crippen LogP) is 3.13. The Morgan fingerprint density at radius 3 is 2.91 bits per heavy atom. The number of aryl methyl sites for hydroxylation is 2. The molecule has 0 N–H and O–H groups in total. The van der Waals surface area contributed by atoms with E-state index in [0.29, 0.717) is 0 Å². The molecule has 0 radical (unpaired) electrons. The predicted molar refractivity (Wildman–Crippen MR) is 90.7 cm³/mol. The van der Waals surface area contributed by atoms with E-state index in [-0.39, 0.29) is 11.3 Å². The van der Waals surface area contributed by atoms with Gasteiger partial charge in [-0.3, -0.25) is 4.79 Å². The summed E-state index contributed by atoms with van der Waals surface area (Å²) in [6.07, 6.45) is 3.36. The summed E-state index contributed by atoms with van der Waals surface area (Å²) in [4.78, 5) is 15.1. The normalized spacial score (nSPS) is 24.7. The van der Waals surface area contributed by atoms with Gasteiger partial charge >= 0.3 is 0 Å². The van der Waals surface area contributed by atoms with Crippen molar-refractivity contribution in [3.63, 3.8) is 0 Å². The monoisotopic (exact) mass is 312 g/mol. The van der Waals surface area contributed by atoms with Gasteiger partial charge < -0.3 is 14.2 Å². The van der Waals surface area contributed by atoms with Crippen molar-refractivity contribution in [3.8, 4) is 0 Å². The van der Waals surface area contributed by atoms with Gasteiger partial charge in [-0.25, -0.2) is 0 Å². The van der Waals surface area contributed by atoms with Gasteiger partial charge in [0.2, 0.25) is 0 Å². The van der Waals surface area contributed by atoms with E-state index in [1.165, 1.54) is 12.0 Å². The summed E-state index contributed by atoms with van der Waals surface area (Å²) in [5, 5.41) is 1.14. The van der Waals surface area contributed by atoms with Crippen LogP contribution in [-0.2, 0) is 11.8 Å². The van der Waals surface area contributed by atoms with Gasteiger partial charge in [-0.05, 0) is 43.9 Å². The summed E-state index contributed by atoms with van der Waals surface area (Å²) in [6.45, 7) is 5.44. The lowest BCUT2D eigenvalue weighted by Gasteiger charge is -2.39. The highest BCUT2D eigenvalue weighted by molar-refractivity contribution is 5.99. The Labute approximate surface area is 137 Å². The van der Waals surface area contributed by atoms with Crippen molar-refractivity contribution in [2.75, 3.05) is 26.3 Å². The minimum absolute atomic E-state index is 0.160. The molecule has 0 unspecified atom stereocenters. The number of ether oxygens (including phenoxy) is 1. The Kier molecular flexibility index (Phi) is 3.45. The number of likely N-dealkylation sites (tertiary alicyclic amines) is 1. The van der Waals surface area contributed by atoms with Gasteiger partial charge in [0, 0.05) is 43.1 Å². The second-order valence-corrected chi connectivity index (χ2v) is 7.28. The molecule has 4 heteroatoms. The van der Waals surface area contributed by atoms with Crippen LogP contribution in [0.5, 0.6) is 0 Å². The minimum atomic E-state index is 0.160. The van der Waals surface area contributed by atoms with E-state index >= 15 is 0 Å². The molecule has 4 rings (SSSR count). The lowest BCUT2D eigenvalue weighted by Crippen LogP contribution is -2.46. The van der Waals surface area contributed by atoms with Crippen molar-refractivity contribution >= 4 is 16.8 Å². The van der Waals surface area contributed by atoms with Crippen LogP contribution in [0.25, 0.3) is 10.9 Å². The second-order valence-electron chi connectivity index (χ2n) is 7.28. The van der Waals surface area contributed by atoms with E-state index < -0.39 is 0 Å². The Morgan fingerprint density at radius 1 is 1.26 bits per heavy atom. The van der Waals surface area contributed by atoms with Gasteiger partial charge in [-0.15, -0.1) is 0 Å². The van der Waals surface area contributed by atoms with E-state index in [9.17, 15) is 4.79 Å². The molecule has 0 bridgehead atoms. The molecule has 1 aromatic heterocycles. The van der Waals surface area contributed by atoms with Crippen LogP contribution >= 0.6 is 0 Å². The molecule has 0 aliphatic carbocycles. The maximum atomic E-state index is 13.1. The lowest BCUT2D eigenvalue weighted by atomic mass is 9.79. The molecule has 2 fully saturated rings. The van der Waals surface area contributed by atoms with Gasteiger partial charge in [0.05, 0.1) is 6.61 Å². The molecule has 1 spiro atoms. The largest absolute Gasteiger partial charge is 0.381 e. The van der Waals surface area contributed by atoms with Crippen LogP contribution < -0.4 is 0 Å². The van der Waals surface area contributed by atoms with Crippen molar-refractivity contribution in [1.29, 1.82) is 0 Å². The molecule has 1 amide bonds. The highest BCUT2D eigenvalue weighted by Crippen LogP contribution is 2.38. The van der Waals surface area contributed by atoms with Crippen LogP contribution in [0, 0.1) is 12.3 Å². The van der Waals surface area contributed by atoms with Crippen LogP contribution in [0.4, 0.5) is 0 Å². The molecule has 4 nitrogen and oxygen atoms in total. The highest BCUT2D eigenvalue weighted by Gasteiger charge is 2.40. The zero-order valence-electron chi connectivity index (χ0n) is 14.0. The first kappa shape index (κ1) is 14.8. The van der Waals surface area contributed by atoms with Crippen molar-refractivity contribution in [3.05, 3.63) is 35.5 Å². The SMILES string of the molecule is Cc1ccc2cc(C(=O)N3CCC[C@]4(CCOC4)C3)n(C)c2c1. The van der Waals surface area contributed by atoms with Gasteiger partial charge in [0.1, 0.15) is 5.69 Å². The maximum absolute atomic E-state index is 13.1. The summed E-state index contributed by atoms with van der Waals surface area (Å²) in [5.41, 5.74) is 3.35. The zero-order chi connectivity index (χ0) is 16.0. The third-order valence-electron chi connectivity index (χ3n) is 5.55. The molecular formula is C19H24N2O2. The molecule has 23 heavy (non-hydrogen) atoms. The Balaban J connectivity index is 1.65. The number of piperidine rings is 1. The molecule has 2 aliphatic rings. The molecule has 2 aromatic rings. The number of fused-ring (bicyclic) bond motifs is 1. The number of hydrogen-bond donors (Lipinski definition) is 0. The Bertz CT molecular complexity index is 756. The number of amides is 1. The third kappa shape index (κ3) is 2.45. The molecule has 1 atom stereocenters. The fourth-order valence-electron chi connectivity index (χ4n) is 4.16. The van der Waals surface area contributed by atoms with Crippen molar-refractivity contribution < 1.29 is 9.53 Å². The summed E-state index contributed by atoms with van der Waals surface area (Å²) in [7, 11) is 1.99. The molecule has 2 saturated heterocycles. The lowest BCUT2D eigenvalue weighted by molar-refractivity contribution is 0.0455. The molecule has 2 aliphatic heterocycles. The minimum Gasteiger partial charge on any atom is -0.381 e. The smallest absolute Gasteiger partial charge is 0.270 e. The number of aromatic nitrogens is 1. The first-order chi connectivity index (χ1) is 11.1. The molecular weight excluding hydrogens is 288 g/mol. The molecule has 1 aromatic carbocycles. The van der Waals surface area contributed by atoms with Crippen LogP contribution in [0.1, 0.15) is 35.3 Å². The van der Waals surface area contributed by atoms with Crippen LogP contribution in [0.2, 0.25) is 0 Å². The van der Waals surface area contributed by atoms with Crippen LogP contribution in [0.15, 0.2) is 24.3 Å². The van der Waals surface area contributed by atoms with Gasteiger partial charge in [-0.2, -0.15) is 0 Å². The number of nitrogens with zero attached hydrogens (tertiary/aromatic N) is 2. The van der Waals surface area contributed by atoms with Crippen LogP contribution in [0.3, 0.4) is 0 Å². The number of benzene rings is 1. The first-order valence-electron chi connectivity index (χ1n) is 8.51. The fraction of sp³-hybridized carbons (Fsp3) is 0.526. The summed E-state index contributed by atoms with van der Waals surface area (Å²) in [6, 6.07) is 8.38. The third-order valence-corrected chi connectivity index (χ3v) is 5.55. The topological polar surface area (TPSA) is 34.5 Å². The van der Waals surface area contributed by atoms with Crippen molar-refractivity contribution in [2.45, 2.75) is 26.2 Å². The summed E-state index contributed by atoms with van der Waals surface area (Å²) < 4.78 is 7.65. The average molecular weight is 312 g/mol. The van der Waals surface area contributed by atoms with Crippen molar-refractivity contribution in [2.24, 2.45) is 12.5 Å². The molecule has 122 valence electrons. The van der Waals surface area contributed by atoms with Gasteiger partial charge in [0.25, 0.3) is 5.91 Å².